The third kappa shape index (κ3) is 3.63. The van der Waals surface area contributed by atoms with Gasteiger partial charge in [0, 0.05) is 39.6 Å². The van der Waals surface area contributed by atoms with Gasteiger partial charge >= 0.3 is 0 Å². The molecular formula is C17H23N2. The molecular weight excluding hydrogens is 232 g/mol. The van der Waals surface area contributed by atoms with Crippen molar-refractivity contribution in [3.05, 3.63) is 59.7 Å². The average Bonchev–Trinajstić information content (AvgIpc) is 2.40. The maximum atomic E-state index is 2.33. The first kappa shape index (κ1) is 13.7. The van der Waals surface area contributed by atoms with Crippen molar-refractivity contribution >= 4 is 5.69 Å². The summed E-state index contributed by atoms with van der Waals surface area (Å²) in [7, 11) is 8.33. The van der Waals surface area contributed by atoms with Gasteiger partial charge in [-0.15, -0.1) is 0 Å². The molecule has 0 atom stereocenters. The summed E-state index contributed by atoms with van der Waals surface area (Å²) >= 11 is 0. The molecule has 0 bridgehead atoms. The van der Waals surface area contributed by atoms with E-state index in [0.717, 1.165) is 12.8 Å². The van der Waals surface area contributed by atoms with Gasteiger partial charge in [0.25, 0.3) is 0 Å². The fourth-order valence-electron chi connectivity index (χ4n) is 2.19. The zero-order valence-corrected chi connectivity index (χ0v) is 12.4. The second-order valence-electron chi connectivity index (χ2n) is 5.44. The lowest BCUT2D eigenvalue weighted by Gasteiger charge is -2.21. The highest BCUT2D eigenvalue weighted by Crippen LogP contribution is 2.22. The molecule has 0 amide bonds. The number of nitrogens with zero attached hydrogens (tertiary/aromatic N) is 2. The second kappa shape index (κ2) is 5.96. The zero-order chi connectivity index (χ0) is 13.8. The molecule has 2 heteroatoms. The number of anilines is 1. The summed E-state index contributed by atoms with van der Waals surface area (Å²) in [6.07, 6.45) is 8.84. The van der Waals surface area contributed by atoms with Crippen LogP contribution in [0.5, 0.6) is 0 Å². The molecule has 0 heterocycles. The van der Waals surface area contributed by atoms with Crippen molar-refractivity contribution in [3.63, 3.8) is 0 Å². The summed E-state index contributed by atoms with van der Waals surface area (Å²) < 4.78 is 0. The first-order chi connectivity index (χ1) is 9.06. The molecule has 0 spiro atoms. The molecule has 0 N–H and O–H groups in total. The molecule has 0 saturated heterocycles. The van der Waals surface area contributed by atoms with Crippen LogP contribution in [0.3, 0.4) is 0 Å². The highest BCUT2D eigenvalue weighted by atomic mass is 15.1. The van der Waals surface area contributed by atoms with Crippen molar-refractivity contribution in [1.82, 2.24) is 4.90 Å². The van der Waals surface area contributed by atoms with Crippen molar-refractivity contribution in [2.75, 3.05) is 33.1 Å². The van der Waals surface area contributed by atoms with Crippen LogP contribution in [-0.2, 0) is 6.42 Å². The zero-order valence-electron chi connectivity index (χ0n) is 12.4. The molecule has 101 valence electrons. The summed E-state index contributed by atoms with van der Waals surface area (Å²) in [4.78, 5) is 4.30. The lowest BCUT2D eigenvalue weighted by molar-refractivity contribution is 0.495. The van der Waals surface area contributed by atoms with Crippen LogP contribution in [0.4, 0.5) is 5.69 Å². The third-order valence-electron chi connectivity index (χ3n) is 3.50. The van der Waals surface area contributed by atoms with Gasteiger partial charge < -0.3 is 9.80 Å². The molecule has 1 aromatic rings. The quantitative estimate of drug-likeness (QED) is 0.814. The average molecular weight is 255 g/mol. The molecule has 2 rings (SSSR count). The minimum absolute atomic E-state index is 1.02. The summed E-state index contributed by atoms with van der Waals surface area (Å²) in [5.41, 5.74) is 5.39. The Labute approximate surface area is 117 Å². The molecule has 0 aromatic heterocycles. The number of benzene rings is 1. The van der Waals surface area contributed by atoms with Crippen LogP contribution in [0.1, 0.15) is 12.0 Å². The second-order valence-corrected chi connectivity index (χ2v) is 5.44. The first-order valence-corrected chi connectivity index (χ1v) is 6.73. The summed E-state index contributed by atoms with van der Waals surface area (Å²) in [5.74, 6) is 0. The predicted octanol–water partition coefficient (Wildman–Crippen LogP) is 3.27. The van der Waals surface area contributed by atoms with E-state index >= 15 is 0 Å². The van der Waals surface area contributed by atoms with Gasteiger partial charge in [-0.25, -0.2) is 0 Å². The highest BCUT2D eigenvalue weighted by molar-refractivity contribution is 5.47. The summed E-state index contributed by atoms with van der Waals surface area (Å²) in [6.45, 7) is 0. The Balaban J connectivity index is 2.02. The van der Waals surface area contributed by atoms with Gasteiger partial charge in [-0.3, -0.25) is 0 Å². The van der Waals surface area contributed by atoms with Crippen LogP contribution in [0, 0.1) is 6.42 Å². The fourth-order valence-corrected chi connectivity index (χ4v) is 2.19. The summed E-state index contributed by atoms with van der Waals surface area (Å²) in [5, 5.41) is 0. The Bertz CT molecular complexity index is 478. The largest absolute Gasteiger partial charge is 0.381 e. The van der Waals surface area contributed by atoms with Crippen LogP contribution in [0.2, 0.25) is 0 Å². The number of allylic oxidation sites excluding steroid dienone is 4. The van der Waals surface area contributed by atoms with Gasteiger partial charge in [0.15, 0.2) is 0 Å². The Hall–Kier alpha value is -1.70. The van der Waals surface area contributed by atoms with Crippen LogP contribution in [-0.4, -0.2) is 33.1 Å². The van der Waals surface area contributed by atoms with Crippen molar-refractivity contribution in [1.29, 1.82) is 0 Å². The van der Waals surface area contributed by atoms with Crippen molar-refractivity contribution < 1.29 is 0 Å². The van der Waals surface area contributed by atoms with Crippen LogP contribution >= 0.6 is 0 Å². The van der Waals surface area contributed by atoms with E-state index in [1.165, 1.54) is 22.5 Å². The molecule has 0 unspecified atom stereocenters. The Morgan fingerprint density at radius 2 is 1.58 bits per heavy atom. The van der Waals surface area contributed by atoms with Crippen molar-refractivity contribution in [2.45, 2.75) is 12.8 Å². The number of rotatable bonds is 4. The summed E-state index contributed by atoms with van der Waals surface area (Å²) in [6, 6.07) is 8.80. The maximum Gasteiger partial charge on any atom is 0.0361 e. The molecule has 1 aliphatic rings. The molecule has 1 aromatic carbocycles. The van der Waals surface area contributed by atoms with Crippen molar-refractivity contribution in [2.24, 2.45) is 0 Å². The minimum Gasteiger partial charge on any atom is -0.381 e. The lowest BCUT2D eigenvalue weighted by Crippen LogP contribution is -2.13. The Kier molecular flexibility index (Phi) is 4.31. The van der Waals surface area contributed by atoms with Crippen LogP contribution < -0.4 is 4.90 Å². The molecule has 0 fully saturated rings. The molecule has 0 aliphatic heterocycles. The van der Waals surface area contributed by atoms with Gasteiger partial charge in [-0.2, -0.15) is 0 Å². The van der Waals surface area contributed by atoms with E-state index in [4.69, 9.17) is 0 Å². The van der Waals surface area contributed by atoms with E-state index in [1.807, 2.05) is 0 Å². The standard InChI is InChI=1S/C17H23N2/c1-18(2)16-9-5-14(6-10-16)13-15-7-11-17(12-8-15)19(3)4/h5-11H,12-13H2,1-4H3. The van der Waals surface area contributed by atoms with E-state index < -0.39 is 0 Å². The van der Waals surface area contributed by atoms with E-state index in [-0.39, 0.29) is 0 Å². The minimum atomic E-state index is 1.02. The monoisotopic (exact) mass is 255 g/mol. The van der Waals surface area contributed by atoms with Crippen LogP contribution in [0.25, 0.3) is 0 Å². The molecule has 2 nitrogen and oxygen atoms in total. The molecule has 1 aliphatic carbocycles. The lowest BCUT2D eigenvalue weighted by atomic mass is 9.96. The van der Waals surface area contributed by atoms with Gasteiger partial charge in [0.2, 0.25) is 0 Å². The maximum absolute atomic E-state index is 2.33. The van der Waals surface area contributed by atoms with Gasteiger partial charge in [-0.1, -0.05) is 23.8 Å². The normalized spacial score (nSPS) is 14.7. The molecule has 1 radical (unpaired) electrons. The Morgan fingerprint density at radius 3 is 2.05 bits per heavy atom. The fraction of sp³-hybridized carbons (Fsp3) is 0.353. The number of hydrogen-bond donors (Lipinski definition) is 0. The van der Waals surface area contributed by atoms with Gasteiger partial charge in [0.1, 0.15) is 0 Å². The van der Waals surface area contributed by atoms with E-state index in [9.17, 15) is 0 Å². The van der Waals surface area contributed by atoms with Gasteiger partial charge in [0.05, 0.1) is 0 Å². The SMILES string of the molecule is CN(C)C1=CC=C(Cc2ccc(N(C)C)cc2)[CH]C1. The first-order valence-electron chi connectivity index (χ1n) is 6.73. The number of hydrogen-bond acceptors (Lipinski definition) is 2. The predicted molar refractivity (Wildman–Crippen MR) is 83.2 cm³/mol. The van der Waals surface area contributed by atoms with Gasteiger partial charge in [-0.05, 0) is 43.0 Å². The highest BCUT2D eigenvalue weighted by Gasteiger charge is 2.08. The van der Waals surface area contributed by atoms with E-state index in [0.29, 0.717) is 0 Å². The topological polar surface area (TPSA) is 6.48 Å². The van der Waals surface area contributed by atoms with Crippen molar-refractivity contribution in [3.8, 4) is 0 Å². The smallest absolute Gasteiger partial charge is 0.0361 e. The van der Waals surface area contributed by atoms with Crippen LogP contribution in [0.15, 0.2) is 47.7 Å². The van der Waals surface area contributed by atoms with E-state index in [1.54, 1.807) is 0 Å². The van der Waals surface area contributed by atoms with E-state index in [2.05, 4.69) is 80.8 Å². The molecule has 0 saturated carbocycles. The third-order valence-corrected chi connectivity index (χ3v) is 3.50. The Morgan fingerprint density at radius 1 is 0.895 bits per heavy atom. The molecule has 19 heavy (non-hydrogen) atoms.